The smallest absolute Gasteiger partial charge is 0.231 e. The molecule has 152 valence electrons. The normalized spacial score (nSPS) is 18.9. The molecule has 0 bridgehead atoms. The number of likely N-dealkylation sites (tertiary alicyclic amines) is 1. The van der Waals surface area contributed by atoms with E-state index in [1.165, 1.54) is 6.92 Å². The van der Waals surface area contributed by atoms with Crippen molar-refractivity contribution in [1.82, 2.24) is 15.2 Å². The van der Waals surface area contributed by atoms with Crippen LogP contribution in [0.1, 0.15) is 37.1 Å². The van der Waals surface area contributed by atoms with Gasteiger partial charge in [0.15, 0.2) is 11.5 Å². The average molecular weight is 395 g/mol. The van der Waals surface area contributed by atoms with Gasteiger partial charge in [-0.05, 0) is 42.7 Å². The predicted octanol–water partition coefficient (Wildman–Crippen LogP) is 2.47. The molecule has 1 saturated heterocycles. The van der Waals surface area contributed by atoms with Crippen LogP contribution in [0, 0.1) is 5.92 Å². The molecule has 0 saturated carbocycles. The number of aromatic nitrogens is 1. The van der Waals surface area contributed by atoms with E-state index in [2.05, 4.69) is 10.3 Å². The highest BCUT2D eigenvalue weighted by Crippen LogP contribution is 2.33. The summed E-state index contributed by atoms with van der Waals surface area (Å²) >= 11 is 0. The Kier molecular flexibility index (Phi) is 5.64. The van der Waals surface area contributed by atoms with Gasteiger partial charge in [-0.3, -0.25) is 14.6 Å². The van der Waals surface area contributed by atoms with Crippen molar-refractivity contribution in [3.05, 3.63) is 53.9 Å². The Hall–Kier alpha value is -3.09. The number of rotatable bonds is 5. The summed E-state index contributed by atoms with van der Waals surface area (Å²) in [6, 6.07) is 11.1. The maximum atomic E-state index is 12.9. The largest absolute Gasteiger partial charge is 0.454 e. The first-order chi connectivity index (χ1) is 14.1. The van der Waals surface area contributed by atoms with Gasteiger partial charge < -0.3 is 19.7 Å². The van der Waals surface area contributed by atoms with Gasteiger partial charge in [-0.25, -0.2) is 0 Å². The third-order valence-electron chi connectivity index (χ3n) is 5.44. The molecule has 3 heterocycles. The van der Waals surface area contributed by atoms with E-state index in [1.54, 1.807) is 6.20 Å². The molecule has 2 aliphatic rings. The first-order valence-corrected chi connectivity index (χ1v) is 9.94. The molecule has 2 atom stereocenters. The minimum atomic E-state index is -0.199. The average Bonchev–Trinajstić information content (AvgIpc) is 3.20. The summed E-state index contributed by atoms with van der Waals surface area (Å²) in [5.74, 6) is 1.52. The summed E-state index contributed by atoms with van der Waals surface area (Å²) in [5.41, 5.74) is 1.74. The number of nitrogens with one attached hydrogen (secondary N) is 1. The van der Waals surface area contributed by atoms with E-state index in [0.29, 0.717) is 24.5 Å². The summed E-state index contributed by atoms with van der Waals surface area (Å²) in [4.78, 5) is 31.1. The lowest BCUT2D eigenvalue weighted by molar-refractivity contribution is -0.132. The highest BCUT2D eigenvalue weighted by atomic mass is 16.7. The minimum Gasteiger partial charge on any atom is -0.454 e. The number of carbonyl (C=O) groups is 2. The van der Waals surface area contributed by atoms with Crippen molar-refractivity contribution in [2.24, 2.45) is 5.92 Å². The molecule has 1 aromatic heterocycles. The molecule has 7 nitrogen and oxygen atoms in total. The van der Waals surface area contributed by atoms with E-state index in [4.69, 9.17) is 9.47 Å². The van der Waals surface area contributed by atoms with E-state index in [-0.39, 0.29) is 30.6 Å². The number of piperidine rings is 1. The van der Waals surface area contributed by atoms with Crippen molar-refractivity contribution in [3.63, 3.8) is 0 Å². The fourth-order valence-corrected chi connectivity index (χ4v) is 4.06. The Balaban J connectivity index is 1.45. The van der Waals surface area contributed by atoms with Crippen molar-refractivity contribution in [3.8, 4) is 11.5 Å². The zero-order valence-electron chi connectivity index (χ0n) is 16.5. The lowest BCUT2D eigenvalue weighted by Crippen LogP contribution is -2.45. The van der Waals surface area contributed by atoms with Crippen molar-refractivity contribution < 1.29 is 19.1 Å². The molecule has 2 amide bonds. The van der Waals surface area contributed by atoms with Crippen LogP contribution in [0.4, 0.5) is 0 Å². The fourth-order valence-electron chi connectivity index (χ4n) is 4.06. The standard InChI is InChI=1S/C22H25N3O4/c1-15(26)24-22(18-6-2-3-9-23-18)17-5-4-10-25(13-17)21(27)12-16-7-8-19-20(11-16)29-14-28-19/h2-3,6-9,11,17,22H,4-5,10,12-14H2,1H3,(H,24,26)/t17-,22+/m0/s1. The number of benzene rings is 1. The molecule has 0 unspecified atom stereocenters. The van der Waals surface area contributed by atoms with Gasteiger partial charge >= 0.3 is 0 Å². The molecule has 0 spiro atoms. The van der Waals surface area contributed by atoms with Crippen LogP contribution in [-0.2, 0) is 16.0 Å². The lowest BCUT2D eigenvalue weighted by atomic mass is 9.88. The summed E-state index contributed by atoms with van der Waals surface area (Å²) in [5, 5.41) is 3.03. The Bertz CT molecular complexity index is 887. The molecule has 1 N–H and O–H groups in total. The van der Waals surface area contributed by atoms with Crippen LogP contribution < -0.4 is 14.8 Å². The number of hydrogen-bond acceptors (Lipinski definition) is 5. The SMILES string of the molecule is CC(=O)N[C@@H](c1ccccn1)[C@H]1CCCN(C(=O)Cc2ccc3c(c2)OCO3)C1. The molecule has 2 aliphatic heterocycles. The van der Waals surface area contributed by atoms with E-state index >= 15 is 0 Å². The Labute approximate surface area is 170 Å². The van der Waals surface area contributed by atoms with Crippen LogP contribution in [0.25, 0.3) is 0 Å². The van der Waals surface area contributed by atoms with Crippen molar-refractivity contribution in [1.29, 1.82) is 0 Å². The summed E-state index contributed by atoms with van der Waals surface area (Å²) in [6.45, 7) is 3.07. The summed E-state index contributed by atoms with van der Waals surface area (Å²) in [7, 11) is 0. The van der Waals surface area contributed by atoms with E-state index in [1.807, 2.05) is 41.3 Å². The molecule has 1 fully saturated rings. The third-order valence-corrected chi connectivity index (χ3v) is 5.44. The van der Waals surface area contributed by atoms with Gasteiger partial charge in [0.05, 0.1) is 18.2 Å². The highest BCUT2D eigenvalue weighted by molar-refractivity contribution is 5.79. The van der Waals surface area contributed by atoms with Gasteiger partial charge in [0.1, 0.15) is 0 Å². The van der Waals surface area contributed by atoms with Gasteiger partial charge in [-0.1, -0.05) is 12.1 Å². The molecule has 1 aromatic carbocycles. The van der Waals surface area contributed by atoms with Gasteiger partial charge in [0.25, 0.3) is 0 Å². The first kappa shape index (κ1) is 19.2. The van der Waals surface area contributed by atoms with Crippen LogP contribution in [0.5, 0.6) is 11.5 Å². The van der Waals surface area contributed by atoms with Gasteiger partial charge in [-0.2, -0.15) is 0 Å². The zero-order valence-corrected chi connectivity index (χ0v) is 16.5. The lowest BCUT2D eigenvalue weighted by Gasteiger charge is -2.37. The Morgan fingerprint density at radius 1 is 1.24 bits per heavy atom. The first-order valence-electron chi connectivity index (χ1n) is 9.94. The number of amides is 2. The van der Waals surface area contributed by atoms with Gasteiger partial charge in [0, 0.05) is 32.1 Å². The second-order valence-electron chi connectivity index (χ2n) is 7.54. The molecule has 0 aliphatic carbocycles. The number of ether oxygens (including phenoxy) is 2. The van der Waals surface area contributed by atoms with E-state index in [0.717, 1.165) is 30.6 Å². The molecule has 7 heteroatoms. The Morgan fingerprint density at radius 3 is 2.90 bits per heavy atom. The zero-order chi connectivity index (χ0) is 20.2. The predicted molar refractivity (Wildman–Crippen MR) is 106 cm³/mol. The van der Waals surface area contributed by atoms with Crippen molar-refractivity contribution in [2.45, 2.75) is 32.2 Å². The third kappa shape index (κ3) is 4.50. The second kappa shape index (κ2) is 8.51. The van der Waals surface area contributed by atoms with Crippen LogP contribution >= 0.6 is 0 Å². The van der Waals surface area contributed by atoms with Crippen LogP contribution in [0.15, 0.2) is 42.6 Å². The number of nitrogens with zero attached hydrogens (tertiary/aromatic N) is 2. The molecular weight excluding hydrogens is 370 g/mol. The van der Waals surface area contributed by atoms with Crippen LogP contribution in [0.2, 0.25) is 0 Å². The number of hydrogen-bond donors (Lipinski definition) is 1. The molecule has 2 aromatic rings. The van der Waals surface area contributed by atoms with Crippen LogP contribution in [0.3, 0.4) is 0 Å². The number of fused-ring (bicyclic) bond motifs is 1. The second-order valence-corrected chi connectivity index (χ2v) is 7.54. The Morgan fingerprint density at radius 2 is 2.10 bits per heavy atom. The van der Waals surface area contributed by atoms with Crippen molar-refractivity contribution in [2.75, 3.05) is 19.9 Å². The van der Waals surface area contributed by atoms with Gasteiger partial charge in [-0.15, -0.1) is 0 Å². The molecule has 29 heavy (non-hydrogen) atoms. The topological polar surface area (TPSA) is 80.8 Å². The van der Waals surface area contributed by atoms with Gasteiger partial charge in [0.2, 0.25) is 18.6 Å². The van der Waals surface area contributed by atoms with Crippen LogP contribution in [-0.4, -0.2) is 41.6 Å². The monoisotopic (exact) mass is 395 g/mol. The quantitative estimate of drug-likeness (QED) is 0.841. The molecular formula is C22H25N3O4. The maximum Gasteiger partial charge on any atom is 0.231 e. The van der Waals surface area contributed by atoms with E-state index < -0.39 is 0 Å². The fraction of sp³-hybridized carbons (Fsp3) is 0.409. The minimum absolute atomic E-state index is 0.0798. The number of pyridine rings is 1. The molecule has 4 rings (SSSR count). The van der Waals surface area contributed by atoms with E-state index in [9.17, 15) is 9.59 Å². The summed E-state index contributed by atoms with van der Waals surface area (Å²) in [6.07, 6.45) is 3.89. The summed E-state index contributed by atoms with van der Waals surface area (Å²) < 4.78 is 10.7. The molecule has 0 radical (unpaired) electrons. The highest BCUT2D eigenvalue weighted by Gasteiger charge is 2.31. The maximum absolute atomic E-state index is 12.9. The number of carbonyl (C=O) groups excluding carboxylic acids is 2. The van der Waals surface area contributed by atoms with Crippen molar-refractivity contribution >= 4 is 11.8 Å².